The number of hydrogen-bond donors (Lipinski definition) is 1. The molecule has 0 aromatic heterocycles. The Bertz CT molecular complexity index is 467. The van der Waals surface area contributed by atoms with E-state index in [1.165, 1.54) is 32.1 Å². The number of ether oxygens (including phenoxy) is 1. The van der Waals surface area contributed by atoms with E-state index < -0.39 is 11.9 Å². The van der Waals surface area contributed by atoms with E-state index in [1.54, 1.807) is 6.92 Å². The maximum absolute atomic E-state index is 11.0. The predicted molar refractivity (Wildman–Crippen MR) is 82.3 cm³/mol. The molecule has 3 nitrogen and oxygen atoms in total. The minimum atomic E-state index is -0.812. The molecule has 0 radical (unpaired) electrons. The van der Waals surface area contributed by atoms with Crippen molar-refractivity contribution in [1.82, 2.24) is 0 Å². The maximum Gasteiger partial charge on any atom is 0.310 e. The number of rotatable bonds is 5. The van der Waals surface area contributed by atoms with Crippen molar-refractivity contribution in [3.8, 4) is 5.75 Å². The van der Waals surface area contributed by atoms with Gasteiger partial charge in [-0.05, 0) is 59.3 Å². The van der Waals surface area contributed by atoms with Crippen molar-refractivity contribution in [2.24, 2.45) is 5.92 Å². The van der Waals surface area contributed by atoms with E-state index >= 15 is 0 Å². The molecule has 4 heteroatoms. The van der Waals surface area contributed by atoms with Crippen LogP contribution in [-0.2, 0) is 4.79 Å². The highest BCUT2D eigenvalue weighted by Crippen LogP contribution is 2.31. The molecule has 110 valence electrons. The van der Waals surface area contributed by atoms with E-state index in [4.69, 9.17) is 9.84 Å². The highest BCUT2D eigenvalue weighted by Gasteiger charge is 2.17. The Morgan fingerprint density at radius 2 is 2.10 bits per heavy atom. The second kappa shape index (κ2) is 7.11. The summed E-state index contributed by atoms with van der Waals surface area (Å²) in [5.41, 5.74) is 0.786. The van der Waals surface area contributed by atoms with Gasteiger partial charge >= 0.3 is 5.97 Å². The van der Waals surface area contributed by atoms with Crippen LogP contribution in [0.15, 0.2) is 22.7 Å². The van der Waals surface area contributed by atoms with Crippen molar-refractivity contribution in [3.05, 3.63) is 28.2 Å². The second-order valence-corrected chi connectivity index (χ2v) is 6.42. The van der Waals surface area contributed by atoms with Crippen LogP contribution in [0.25, 0.3) is 0 Å². The van der Waals surface area contributed by atoms with Crippen LogP contribution < -0.4 is 4.74 Å². The van der Waals surface area contributed by atoms with E-state index in [1.807, 2.05) is 18.2 Å². The molecule has 1 saturated carbocycles. The Morgan fingerprint density at radius 1 is 1.40 bits per heavy atom. The monoisotopic (exact) mass is 340 g/mol. The van der Waals surface area contributed by atoms with Gasteiger partial charge in [-0.2, -0.15) is 0 Å². The molecule has 1 fully saturated rings. The number of carboxylic acid groups (broad SMARTS) is 1. The van der Waals surface area contributed by atoms with Crippen molar-refractivity contribution in [1.29, 1.82) is 0 Å². The van der Waals surface area contributed by atoms with Gasteiger partial charge in [-0.15, -0.1) is 0 Å². The van der Waals surface area contributed by atoms with E-state index in [2.05, 4.69) is 15.9 Å². The van der Waals surface area contributed by atoms with Crippen LogP contribution in [0.4, 0.5) is 0 Å². The fourth-order valence-electron chi connectivity index (χ4n) is 2.61. The third-order valence-electron chi connectivity index (χ3n) is 4.03. The number of aliphatic carboxylic acids is 1. The molecule has 0 aliphatic heterocycles. The van der Waals surface area contributed by atoms with Gasteiger partial charge in [-0.25, -0.2) is 0 Å². The second-order valence-electron chi connectivity index (χ2n) is 5.56. The van der Waals surface area contributed by atoms with Crippen molar-refractivity contribution in [2.45, 2.75) is 44.9 Å². The Balaban J connectivity index is 1.96. The first-order valence-corrected chi connectivity index (χ1v) is 8.02. The van der Waals surface area contributed by atoms with Crippen molar-refractivity contribution < 1.29 is 14.6 Å². The van der Waals surface area contributed by atoms with Gasteiger partial charge in [-0.1, -0.05) is 25.3 Å². The topological polar surface area (TPSA) is 46.5 Å². The van der Waals surface area contributed by atoms with Crippen molar-refractivity contribution in [2.75, 3.05) is 6.61 Å². The van der Waals surface area contributed by atoms with E-state index in [-0.39, 0.29) is 0 Å². The van der Waals surface area contributed by atoms with Crippen LogP contribution in [0.2, 0.25) is 0 Å². The minimum absolute atomic E-state index is 0.501. The summed E-state index contributed by atoms with van der Waals surface area (Å²) >= 11 is 3.47. The highest BCUT2D eigenvalue weighted by molar-refractivity contribution is 9.10. The fraction of sp³-hybridized carbons (Fsp3) is 0.562. The van der Waals surface area contributed by atoms with E-state index in [9.17, 15) is 4.79 Å². The molecule has 2 rings (SSSR count). The van der Waals surface area contributed by atoms with Crippen LogP contribution >= 0.6 is 15.9 Å². The quantitative estimate of drug-likeness (QED) is 0.852. The SMILES string of the molecule is CC(C(=O)O)c1ccc(OCC2CCCCC2)c(Br)c1. The summed E-state index contributed by atoms with van der Waals surface area (Å²) in [4.78, 5) is 11.0. The largest absolute Gasteiger partial charge is 0.492 e. The lowest BCUT2D eigenvalue weighted by atomic mass is 9.90. The molecule has 0 bridgehead atoms. The predicted octanol–water partition coefficient (Wildman–Crippen LogP) is 4.60. The van der Waals surface area contributed by atoms with Gasteiger partial charge < -0.3 is 9.84 Å². The average Bonchev–Trinajstić information content (AvgIpc) is 2.46. The summed E-state index contributed by atoms with van der Waals surface area (Å²) in [5.74, 6) is 0.150. The first-order valence-electron chi connectivity index (χ1n) is 7.23. The number of hydrogen-bond acceptors (Lipinski definition) is 2. The molecule has 1 aliphatic rings. The summed E-state index contributed by atoms with van der Waals surface area (Å²) < 4.78 is 6.71. The summed E-state index contributed by atoms with van der Waals surface area (Å²) in [6.07, 6.45) is 6.48. The Morgan fingerprint density at radius 3 is 2.70 bits per heavy atom. The summed E-state index contributed by atoms with van der Waals surface area (Å²) in [6.45, 7) is 2.44. The minimum Gasteiger partial charge on any atom is -0.492 e. The van der Waals surface area contributed by atoms with Crippen LogP contribution in [0.1, 0.15) is 50.5 Å². The highest BCUT2D eigenvalue weighted by atomic mass is 79.9. The molecule has 1 N–H and O–H groups in total. The fourth-order valence-corrected chi connectivity index (χ4v) is 3.12. The normalized spacial score (nSPS) is 17.7. The maximum atomic E-state index is 11.0. The lowest BCUT2D eigenvalue weighted by molar-refractivity contribution is -0.138. The van der Waals surface area contributed by atoms with Crippen molar-refractivity contribution in [3.63, 3.8) is 0 Å². The lowest BCUT2D eigenvalue weighted by Gasteiger charge is -2.22. The van der Waals surface area contributed by atoms with E-state index in [0.29, 0.717) is 5.92 Å². The van der Waals surface area contributed by atoms with Crippen LogP contribution in [0, 0.1) is 5.92 Å². The van der Waals surface area contributed by atoms with E-state index in [0.717, 1.165) is 22.4 Å². The Labute approximate surface area is 128 Å². The van der Waals surface area contributed by atoms with Gasteiger partial charge in [0.15, 0.2) is 0 Å². The zero-order valence-corrected chi connectivity index (χ0v) is 13.4. The Hall–Kier alpha value is -1.03. The lowest BCUT2D eigenvalue weighted by Crippen LogP contribution is -2.15. The molecular weight excluding hydrogens is 320 g/mol. The molecule has 1 atom stereocenters. The standard InChI is InChI=1S/C16H21BrO3/c1-11(16(18)19)13-7-8-15(14(17)9-13)20-10-12-5-3-2-4-6-12/h7-9,11-12H,2-6,10H2,1H3,(H,18,19). The van der Waals surface area contributed by atoms with Crippen LogP contribution in [0.5, 0.6) is 5.75 Å². The number of carbonyl (C=O) groups is 1. The summed E-state index contributed by atoms with van der Waals surface area (Å²) in [6, 6.07) is 5.54. The first kappa shape index (κ1) is 15.4. The average molecular weight is 341 g/mol. The van der Waals surface area contributed by atoms with Gasteiger partial charge in [0.2, 0.25) is 0 Å². The molecule has 1 unspecified atom stereocenters. The zero-order valence-electron chi connectivity index (χ0n) is 11.8. The van der Waals surface area contributed by atoms with Crippen molar-refractivity contribution >= 4 is 21.9 Å². The van der Waals surface area contributed by atoms with Crippen LogP contribution in [-0.4, -0.2) is 17.7 Å². The molecule has 1 aliphatic carbocycles. The molecule has 0 saturated heterocycles. The first-order chi connectivity index (χ1) is 9.58. The zero-order chi connectivity index (χ0) is 14.5. The molecule has 0 spiro atoms. The van der Waals surface area contributed by atoms with Gasteiger partial charge in [-0.3, -0.25) is 4.79 Å². The number of carboxylic acids is 1. The van der Waals surface area contributed by atoms with Gasteiger partial charge in [0.25, 0.3) is 0 Å². The molecule has 20 heavy (non-hydrogen) atoms. The molecular formula is C16H21BrO3. The summed E-state index contributed by atoms with van der Waals surface area (Å²) in [5, 5.41) is 9.02. The molecule has 0 heterocycles. The smallest absolute Gasteiger partial charge is 0.310 e. The number of benzene rings is 1. The molecule has 1 aromatic rings. The molecule has 0 amide bonds. The Kier molecular flexibility index (Phi) is 5.46. The van der Waals surface area contributed by atoms with Crippen LogP contribution in [0.3, 0.4) is 0 Å². The van der Waals surface area contributed by atoms with Gasteiger partial charge in [0.1, 0.15) is 5.75 Å². The number of halogens is 1. The van der Waals surface area contributed by atoms with Gasteiger partial charge in [0, 0.05) is 0 Å². The third kappa shape index (κ3) is 3.98. The molecule has 1 aromatic carbocycles. The summed E-state index contributed by atoms with van der Waals surface area (Å²) in [7, 11) is 0. The third-order valence-corrected chi connectivity index (χ3v) is 4.65. The van der Waals surface area contributed by atoms with Gasteiger partial charge in [0.05, 0.1) is 17.0 Å².